The molecule has 2 N–H and O–H groups in total. The lowest BCUT2D eigenvalue weighted by Crippen LogP contribution is -2.19. The van der Waals surface area contributed by atoms with Crippen LogP contribution in [0.1, 0.15) is 17.3 Å². The van der Waals surface area contributed by atoms with Crippen LogP contribution in [-0.4, -0.2) is 11.6 Å². The molecule has 2 aromatic rings. The number of aryl methyl sites for hydroxylation is 1. The van der Waals surface area contributed by atoms with Gasteiger partial charge >= 0.3 is 0 Å². The molecular weight excluding hydrogens is 212 g/mol. The van der Waals surface area contributed by atoms with E-state index < -0.39 is 0 Å². The zero-order chi connectivity index (χ0) is 12.1. The minimum absolute atomic E-state index is 0.115. The number of aromatic nitrogens is 1. The smallest absolute Gasteiger partial charge is 0.140 e. The number of hydrogen-bond acceptors (Lipinski definition) is 3. The lowest BCUT2D eigenvalue weighted by atomic mass is 10.1. The number of nitrogens with zero attached hydrogens (tertiary/aromatic N) is 1. The van der Waals surface area contributed by atoms with Crippen molar-refractivity contribution < 1.29 is 4.74 Å². The molecule has 1 aromatic carbocycles. The maximum Gasteiger partial charge on any atom is 0.140 e. The van der Waals surface area contributed by atoms with Crippen molar-refractivity contribution in [2.75, 3.05) is 6.61 Å². The second-order valence-corrected chi connectivity index (χ2v) is 3.92. The summed E-state index contributed by atoms with van der Waals surface area (Å²) in [6.07, 6.45) is 1.75. The van der Waals surface area contributed by atoms with Crippen LogP contribution in [-0.2, 0) is 0 Å². The number of pyridine rings is 1. The lowest BCUT2D eigenvalue weighted by molar-refractivity contribution is 0.287. The maximum absolute atomic E-state index is 6.05. The standard InChI is InChI=1S/C14H16N2O/c1-11-14(8-5-9-16-11)17-10-13(15)12-6-3-2-4-7-12/h2-9,13H,10,15H2,1H3. The first-order chi connectivity index (χ1) is 8.27. The van der Waals surface area contributed by atoms with Gasteiger partial charge in [0.1, 0.15) is 12.4 Å². The minimum Gasteiger partial charge on any atom is -0.490 e. The molecule has 0 aliphatic carbocycles. The van der Waals surface area contributed by atoms with Crippen LogP contribution in [0.25, 0.3) is 0 Å². The summed E-state index contributed by atoms with van der Waals surface area (Å²) in [5.41, 5.74) is 8.01. The Labute approximate surface area is 101 Å². The largest absolute Gasteiger partial charge is 0.490 e. The fourth-order valence-corrected chi connectivity index (χ4v) is 1.60. The number of benzene rings is 1. The molecule has 0 saturated heterocycles. The van der Waals surface area contributed by atoms with Crippen LogP contribution in [0.15, 0.2) is 48.7 Å². The molecule has 0 fully saturated rings. The Morgan fingerprint density at radius 2 is 1.94 bits per heavy atom. The number of nitrogens with two attached hydrogens (primary N) is 1. The molecule has 0 spiro atoms. The van der Waals surface area contributed by atoms with Crippen LogP contribution >= 0.6 is 0 Å². The van der Waals surface area contributed by atoms with Crippen LogP contribution < -0.4 is 10.5 Å². The first-order valence-corrected chi connectivity index (χ1v) is 5.62. The van der Waals surface area contributed by atoms with Gasteiger partial charge in [0.2, 0.25) is 0 Å². The summed E-state index contributed by atoms with van der Waals surface area (Å²) in [5, 5.41) is 0. The highest BCUT2D eigenvalue weighted by molar-refractivity contribution is 5.26. The van der Waals surface area contributed by atoms with Gasteiger partial charge in [0.15, 0.2) is 0 Å². The van der Waals surface area contributed by atoms with Crippen molar-refractivity contribution in [3.8, 4) is 5.75 Å². The van der Waals surface area contributed by atoms with Crippen LogP contribution in [0.4, 0.5) is 0 Å². The lowest BCUT2D eigenvalue weighted by Gasteiger charge is -2.14. The average molecular weight is 228 g/mol. The van der Waals surface area contributed by atoms with E-state index in [1.165, 1.54) is 0 Å². The summed E-state index contributed by atoms with van der Waals surface area (Å²) >= 11 is 0. The average Bonchev–Trinajstić information content (AvgIpc) is 2.38. The molecule has 3 nitrogen and oxygen atoms in total. The molecule has 3 heteroatoms. The first-order valence-electron chi connectivity index (χ1n) is 5.62. The van der Waals surface area contributed by atoms with Gasteiger partial charge in [-0.25, -0.2) is 0 Å². The highest BCUT2D eigenvalue weighted by Crippen LogP contribution is 2.16. The molecule has 17 heavy (non-hydrogen) atoms. The second kappa shape index (κ2) is 5.46. The topological polar surface area (TPSA) is 48.1 Å². The van der Waals surface area contributed by atoms with Crippen LogP contribution in [0, 0.1) is 6.92 Å². The van der Waals surface area contributed by atoms with Crippen molar-refractivity contribution >= 4 is 0 Å². The third-order valence-corrected chi connectivity index (χ3v) is 2.60. The minimum atomic E-state index is -0.115. The van der Waals surface area contributed by atoms with Gasteiger partial charge in [-0.3, -0.25) is 4.98 Å². The SMILES string of the molecule is Cc1ncccc1OCC(N)c1ccccc1. The summed E-state index contributed by atoms with van der Waals surface area (Å²) in [4.78, 5) is 4.16. The van der Waals surface area contributed by atoms with Gasteiger partial charge in [-0.1, -0.05) is 30.3 Å². The number of ether oxygens (including phenoxy) is 1. The van der Waals surface area contributed by atoms with Gasteiger partial charge in [-0.05, 0) is 24.6 Å². The van der Waals surface area contributed by atoms with E-state index in [0.717, 1.165) is 17.0 Å². The summed E-state index contributed by atoms with van der Waals surface area (Å²) in [5.74, 6) is 0.791. The van der Waals surface area contributed by atoms with Crippen molar-refractivity contribution in [2.24, 2.45) is 5.73 Å². The Bertz CT molecular complexity index is 471. The molecule has 0 saturated carbocycles. The molecule has 1 aromatic heterocycles. The Balaban J connectivity index is 1.97. The van der Waals surface area contributed by atoms with Gasteiger partial charge in [0, 0.05) is 6.20 Å². The molecule has 0 aliphatic heterocycles. The van der Waals surface area contributed by atoms with Crippen molar-refractivity contribution in [2.45, 2.75) is 13.0 Å². The van der Waals surface area contributed by atoms with E-state index in [-0.39, 0.29) is 6.04 Å². The van der Waals surface area contributed by atoms with Crippen molar-refractivity contribution in [1.82, 2.24) is 4.98 Å². The summed E-state index contributed by atoms with van der Waals surface area (Å²) in [6.45, 7) is 2.37. The second-order valence-electron chi connectivity index (χ2n) is 3.92. The molecule has 1 unspecified atom stereocenters. The van der Waals surface area contributed by atoms with Crippen molar-refractivity contribution in [3.05, 3.63) is 59.9 Å². The monoisotopic (exact) mass is 228 g/mol. The summed E-state index contributed by atoms with van der Waals surface area (Å²) < 4.78 is 5.67. The summed E-state index contributed by atoms with van der Waals surface area (Å²) in [7, 11) is 0. The highest BCUT2D eigenvalue weighted by Gasteiger charge is 2.07. The third-order valence-electron chi connectivity index (χ3n) is 2.60. The molecule has 88 valence electrons. The Hall–Kier alpha value is -1.87. The Morgan fingerprint density at radius 1 is 1.18 bits per heavy atom. The number of rotatable bonds is 4. The van der Waals surface area contributed by atoms with Gasteiger partial charge < -0.3 is 10.5 Å². The van der Waals surface area contributed by atoms with E-state index in [2.05, 4.69) is 4.98 Å². The van der Waals surface area contributed by atoms with Crippen molar-refractivity contribution in [1.29, 1.82) is 0 Å². The predicted octanol–water partition coefficient (Wildman–Crippen LogP) is 2.47. The maximum atomic E-state index is 6.05. The zero-order valence-corrected chi connectivity index (χ0v) is 9.84. The first kappa shape index (κ1) is 11.6. The molecule has 0 bridgehead atoms. The molecule has 1 heterocycles. The van der Waals surface area contributed by atoms with E-state index >= 15 is 0 Å². The summed E-state index contributed by atoms with van der Waals surface area (Å²) in [6, 6.07) is 13.6. The molecular formula is C14H16N2O. The van der Waals surface area contributed by atoms with Crippen LogP contribution in [0.3, 0.4) is 0 Å². The Morgan fingerprint density at radius 3 is 2.65 bits per heavy atom. The fourth-order valence-electron chi connectivity index (χ4n) is 1.60. The molecule has 0 amide bonds. The molecule has 2 rings (SSSR count). The Kier molecular flexibility index (Phi) is 3.73. The van der Waals surface area contributed by atoms with Crippen LogP contribution in [0.2, 0.25) is 0 Å². The van der Waals surface area contributed by atoms with Gasteiger partial charge in [-0.15, -0.1) is 0 Å². The van der Waals surface area contributed by atoms with Gasteiger partial charge in [0.25, 0.3) is 0 Å². The van der Waals surface area contributed by atoms with Gasteiger partial charge in [-0.2, -0.15) is 0 Å². The molecule has 0 radical (unpaired) electrons. The third kappa shape index (κ3) is 3.04. The van der Waals surface area contributed by atoms with E-state index in [1.54, 1.807) is 6.20 Å². The number of hydrogen-bond donors (Lipinski definition) is 1. The van der Waals surface area contributed by atoms with E-state index in [4.69, 9.17) is 10.5 Å². The fraction of sp³-hybridized carbons (Fsp3) is 0.214. The van der Waals surface area contributed by atoms with E-state index in [9.17, 15) is 0 Å². The normalized spacial score (nSPS) is 12.1. The van der Waals surface area contributed by atoms with Crippen LogP contribution in [0.5, 0.6) is 5.75 Å². The van der Waals surface area contributed by atoms with Crippen molar-refractivity contribution in [3.63, 3.8) is 0 Å². The van der Waals surface area contributed by atoms with Gasteiger partial charge in [0.05, 0.1) is 11.7 Å². The van der Waals surface area contributed by atoms with E-state index in [0.29, 0.717) is 6.61 Å². The molecule has 1 atom stereocenters. The predicted molar refractivity (Wildman–Crippen MR) is 67.8 cm³/mol. The quantitative estimate of drug-likeness (QED) is 0.874. The molecule has 0 aliphatic rings. The highest BCUT2D eigenvalue weighted by atomic mass is 16.5. The van der Waals surface area contributed by atoms with E-state index in [1.807, 2.05) is 49.4 Å². The zero-order valence-electron chi connectivity index (χ0n) is 9.84.